The van der Waals surface area contributed by atoms with E-state index in [-0.39, 0.29) is 6.61 Å². The second-order valence-electron chi connectivity index (χ2n) is 4.22. The molecule has 1 rings (SSSR count). The number of aliphatic carboxylic acids is 1. The molecular formula is C13H16ClNO4. The van der Waals surface area contributed by atoms with E-state index in [1.165, 1.54) is 14.0 Å². The molecule has 1 N–H and O–H groups in total. The van der Waals surface area contributed by atoms with Gasteiger partial charge in [0.25, 0.3) is 5.91 Å². The van der Waals surface area contributed by atoms with Gasteiger partial charge in [-0.2, -0.15) is 0 Å². The predicted octanol–water partition coefficient (Wildman–Crippen LogP) is 1.96. The zero-order valence-electron chi connectivity index (χ0n) is 11.0. The zero-order valence-corrected chi connectivity index (χ0v) is 11.8. The number of benzene rings is 1. The summed E-state index contributed by atoms with van der Waals surface area (Å²) in [5.41, 5.74) is 0.814. The number of halogens is 1. The fourth-order valence-corrected chi connectivity index (χ4v) is 1.62. The molecule has 1 aromatic carbocycles. The van der Waals surface area contributed by atoms with Crippen molar-refractivity contribution < 1.29 is 19.4 Å². The Morgan fingerprint density at radius 1 is 1.47 bits per heavy atom. The summed E-state index contributed by atoms with van der Waals surface area (Å²) in [5, 5.41) is 9.40. The van der Waals surface area contributed by atoms with Crippen molar-refractivity contribution in [3.8, 4) is 5.75 Å². The normalized spacial score (nSPS) is 11.8. The molecule has 0 spiro atoms. The maximum Gasteiger partial charge on any atom is 0.326 e. The topological polar surface area (TPSA) is 66.8 Å². The number of aryl methyl sites for hydroxylation is 1. The van der Waals surface area contributed by atoms with E-state index in [1.807, 2.05) is 6.92 Å². The first kappa shape index (κ1) is 15.3. The highest BCUT2D eigenvalue weighted by Gasteiger charge is 2.21. The summed E-state index contributed by atoms with van der Waals surface area (Å²) in [6, 6.07) is 4.18. The van der Waals surface area contributed by atoms with Crippen LogP contribution in [0.15, 0.2) is 18.2 Å². The second-order valence-corrected chi connectivity index (χ2v) is 4.65. The van der Waals surface area contributed by atoms with Crippen LogP contribution in [0.1, 0.15) is 12.5 Å². The summed E-state index contributed by atoms with van der Waals surface area (Å²) in [5.74, 6) is -0.906. The maximum atomic E-state index is 11.8. The summed E-state index contributed by atoms with van der Waals surface area (Å²) in [4.78, 5) is 23.6. The lowest BCUT2D eigenvalue weighted by molar-refractivity contribution is -0.148. The number of carbonyl (C=O) groups excluding carboxylic acids is 1. The van der Waals surface area contributed by atoms with Crippen molar-refractivity contribution in [2.45, 2.75) is 19.9 Å². The summed E-state index contributed by atoms with van der Waals surface area (Å²) < 4.78 is 5.36. The Balaban J connectivity index is 2.61. The molecule has 0 heterocycles. The maximum absolute atomic E-state index is 11.8. The van der Waals surface area contributed by atoms with Gasteiger partial charge in [-0.05, 0) is 37.6 Å². The van der Waals surface area contributed by atoms with E-state index in [0.29, 0.717) is 10.8 Å². The molecule has 104 valence electrons. The SMILES string of the molecule is Cc1cc(Cl)ccc1OCC(=O)N(C)C(C)C(=O)O. The van der Waals surface area contributed by atoms with E-state index >= 15 is 0 Å². The van der Waals surface area contributed by atoms with E-state index in [9.17, 15) is 9.59 Å². The van der Waals surface area contributed by atoms with Crippen LogP contribution < -0.4 is 4.74 Å². The number of rotatable bonds is 5. The molecule has 5 nitrogen and oxygen atoms in total. The third-order valence-electron chi connectivity index (χ3n) is 2.82. The molecule has 1 atom stereocenters. The van der Waals surface area contributed by atoms with Gasteiger partial charge in [-0.15, -0.1) is 0 Å². The predicted molar refractivity (Wildman–Crippen MR) is 71.6 cm³/mol. The van der Waals surface area contributed by atoms with Gasteiger partial charge in [0.15, 0.2) is 6.61 Å². The van der Waals surface area contributed by atoms with Crippen molar-refractivity contribution in [1.82, 2.24) is 4.90 Å². The Morgan fingerprint density at radius 2 is 2.11 bits per heavy atom. The largest absolute Gasteiger partial charge is 0.483 e. The summed E-state index contributed by atoms with van der Waals surface area (Å²) in [7, 11) is 1.43. The average Bonchev–Trinajstić information content (AvgIpc) is 2.35. The third-order valence-corrected chi connectivity index (χ3v) is 3.05. The van der Waals surface area contributed by atoms with E-state index in [1.54, 1.807) is 18.2 Å². The number of hydrogen-bond acceptors (Lipinski definition) is 3. The molecule has 19 heavy (non-hydrogen) atoms. The minimum atomic E-state index is -1.06. The summed E-state index contributed by atoms with van der Waals surface area (Å²) in [6.07, 6.45) is 0. The van der Waals surface area contributed by atoms with Crippen molar-refractivity contribution in [3.05, 3.63) is 28.8 Å². The average molecular weight is 286 g/mol. The van der Waals surface area contributed by atoms with Crippen molar-refractivity contribution >= 4 is 23.5 Å². The van der Waals surface area contributed by atoms with E-state index < -0.39 is 17.9 Å². The third kappa shape index (κ3) is 4.13. The minimum absolute atomic E-state index is 0.212. The van der Waals surface area contributed by atoms with Gasteiger partial charge in [0.2, 0.25) is 0 Å². The van der Waals surface area contributed by atoms with Crippen LogP contribution in [-0.2, 0) is 9.59 Å². The minimum Gasteiger partial charge on any atom is -0.483 e. The first-order valence-corrected chi connectivity index (χ1v) is 6.08. The van der Waals surface area contributed by atoms with Gasteiger partial charge in [-0.1, -0.05) is 11.6 Å². The van der Waals surface area contributed by atoms with Crippen LogP contribution in [0.3, 0.4) is 0 Å². The Labute approximate surface area is 116 Å². The number of ether oxygens (including phenoxy) is 1. The van der Waals surface area contributed by atoms with Gasteiger partial charge < -0.3 is 14.7 Å². The lowest BCUT2D eigenvalue weighted by Crippen LogP contribution is -2.42. The number of nitrogens with zero attached hydrogens (tertiary/aromatic N) is 1. The van der Waals surface area contributed by atoms with Crippen LogP contribution in [0.5, 0.6) is 5.75 Å². The van der Waals surface area contributed by atoms with Crippen LogP contribution >= 0.6 is 11.6 Å². The van der Waals surface area contributed by atoms with Gasteiger partial charge in [0.05, 0.1) is 0 Å². The molecule has 0 aromatic heterocycles. The summed E-state index contributed by atoms with van der Waals surface area (Å²) in [6.45, 7) is 3.04. The molecule has 0 aliphatic carbocycles. The van der Waals surface area contributed by atoms with Gasteiger partial charge in [-0.25, -0.2) is 4.79 Å². The number of likely N-dealkylation sites (N-methyl/N-ethyl adjacent to an activating group) is 1. The molecule has 0 fully saturated rings. The monoisotopic (exact) mass is 285 g/mol. The van der Waals surface area contributed by atoms with Gasteiger partial charge >= 0.3 is 5.97 Å². The zero-order chi connectivity index (χ0) is 14.6. The smallest absolute Gasteiger partial charge is 0.326 e. The number of hydrogen-bond donors (Lipinski definition) is 1. The standard InChI is InChI=1S/C13H16ClNO4/c1-8-6-10(14)4-5-11(8)19-7-12(16)15(3)9(2)13(17)18/h4-6,9H,7H2,1-3H3,(H,17,18). The molecule has 1 unspecified atom stereocenters. The van der Waals surface area contributed by atoms with Crippen LogP contribution in [0.25, 0.3) is 0 Å². The van der Waals surface area contributed by atoms with Crippen molar-refractivity contribution in [3.63, 3.8) is 0 Å². The molecule has 0 saturated heterocycles. The van der Waals surface area contributed by atoms with Crippen LogP contribution in [-0.4, -0.2) is 41.6 Å². The Bertz CT molecular complexity index is 490. The number of carbonyl (C=O) groups is 2. The highest BCUT2D eigenvalue weighted by atomic mass is 35.5. The van der Waals surface area contributed by atoms with E-state index in [2.05, 4.69) is 0 Å². The van der Waals surface area contributed by atoms with Crippen LogP contribution in [0, 0.1) is 6.92 Å². The first-order chi connectivity index (χ1) is 8.82. The molecule has 0 aliphatic rings. The van der Waals surface area contributed by atoms with E-state index in [0.717, 1.165) is 10.5 Å². The van der Waals surface area contributed by atoms with E-state index in [4.69, 9.17) is 21.4 Å². The first-order valence-electron chi connectivity index (χ1n) is 5.70. The molecular weight excluding hydrogens is 270 g/mol. The molecule has 1 amide bonds. The van der Waals surface area contributed by atoms with Crippen molar-refractivity contribution in [2.75, 3.05) is 13.7 Å². The number of carboxylic acids is 1. The molecule has 0 radical (unpaired) electrons. The molecule has 0 saturated carbocycles. The lowest BCUT2D eigenvalue weighted by atomic mass is 10.2. The van der Waals surface area contributed by atoms with Crippen LogP contribution in [0.2, 0.25) is 5.02 Å². The fourth-order valence-electron chi connectivity index (χ4n) is 1.40. The second kappa shape index (κ2) is 6.43. The fraction of sp³-hybridized carbons (Fsp3) is 0.385. The van der Waals surface area contributed by atoms with Crippen molar-refractivity contribution in [2.24, 2.45) is 0 Å². The number of carboxylic acid groups (broad SMARTS) is 1. The molecule has 0 aliphatic heterocycles. The van der Waals surface area contributed by atoms with Gasteiger partial charge in [0.1, 0.15) is 11.8 Å². The Hall–Kier alpha value is -1.75. The lowest BCUT2D eigenvalue weighted by Gasteiger charge is -2.21. The Kier molecular flexibility index (Phi) is 5.18. The molecule has 0 bridgehead atoms. The van der Waals surface area contributed by atoms with Crippen molar-refractivity contribution in [1.29, 1.82) is 0 Å². The summed E-state index contributed by atoms with van der Waals surface area (Å²) >= 11 is 5.81. The van der Waals surface area contributed by atoms with Gasteiger partial charge in [-0.3, -0.25) is 4.79 Å². The highest BCUT2D eigenvalue weighted by Crippen LogP contribution is 2.21. The van der Waals surface area contributed by atoms with Gasteiger partial charge in [0, 0.05) is 12.1 Å². The highest BCUT2D eigenvalue weighted by molar-refractivity contribution is 6.30. The molecule has 1 aromatic rings. The molecule has 6 heteroatoms. The van der Waals surface area contributed by atoms with Crippen LogP contribution in [0.4, 0.5) is 0 Å². The number of amides is 1. The Morgan fingerprint density at radius 3 is 2.63 bits per heavy atom. The quantitative estimate of drug-likeness (QED) is 0.898.